The average molecular weight is 807 g/mol. The molecule has 3 N–H and O–H groups in total. The Morgan fingerprint density at radius 3 is 1.25 bits per heavy atom. The number of nitrogens with two attached hydrogens (primary N) is 1. The van der Waals surface area contributed by atoms with Gasteiger partial charge in [0.25, 0.3) is 0 Å². The topological polar surface area (TPSA) is 142 Å². The van der Waals surface area contributed by atoms with Crippen molar-refractivity contribution in [1.29, 1.82) is 0 Å². The van der Waals surface area contributed by atoms with Gasteiger partial charge in [-0.1, -0.05) is 74.0 Å². The number of nitrogens with one attached hydrogen (secondary N) is 1. The van der Waals surface area contributed by atoms with Crippen LogP contribution in [0.5, 0.6) is 0 Å². The zero-order valence-electron chi connectivity index (χ0n) is 28.7. The normalized spacial score (nSPS) is 12.1. The number of alkyl halides is 6. The van der Waals surface area contributed by atoms with Gasteiger partial charge in [-0.15, -0.1) is 0 Å². The van der Waals surface area contributed by atoms with Gasteiger partial charge in [0.15, 0.2) is 11.4 Å². The van der Waals surface area contributed by atoms with Crippen LogP contribution in [0.15, 0.2) is 119 Å². The molecule has 18 heteroatoms. The second kappa shape index (κ2) is 16.2. The lowest BCUT2D eigenvalue weighted by molar-refractivity contribution is -0.142. The summed E-state index contributed by atoms with van der Waals surface area (Å²) in [5.74, 6) is 0. The van der Waals surface area contributed by atoms with E-state index >= 15 is 0 Å². The minimum atomic E-state index is -4.61. The van der Waals surface area contributed by atoms with Crippen LogP contribution < -0.4 is 9.86 Å². The third kappa shape index (κ3) is 10.1. The average Bonchev–Trinajstić information content (AvgIpc) is 3.76. The first-order valence-corrected chi connectivity index (χ1v) is 18.9. The number of nitrogens with zero attached hydrogens (tertiary/aromatic N) is 4. The highest BCUT2D eigenvalue weighted by Gasteiger charge is 2.36. The van der Waals surface area contributed by atoms with Crippen molar-refractivity contribution in [3.8, 4) is 33.9 Å². The standard InChI is InChI=1S/C19H18F3N3O2S.C17H14F3N3O2S.CH4/c1-3-23-28(26,27)16-10-8-15(9-11-16)25-17(12-18(24-25)19(20,21)22)14-6-4-13(2)5-7-14;1-11-2-4-12(5-3-11)15-10-16(17(18,19)20)22-23(15)13-6-8-14(9-7-13)26(21,24)25;/h4-12,23H,3H2,1-2H3;2-10H,1H3,(H2,21,24,25);1H4. The van der Waals surface area contributed by atoms with E-state index in [2.05, 4.69) is 14.9 Å². The zero-order valence-corrected chi connectivity index (χ0v) is 30.3. The Morgan fingerprint density at radius 1 is 0.600 bits per heavy atom. The molecule has 0 bridgehead atoms. The molecule has 2 aromatic heterocycles. The highest BCUT2D eigenvalue weighted by atomic mass is 32.2. The molecule has 2 heterocycles. The van der Waals surface area contributed by atoms with Gasteiger partial charge in [0, 0.05) is 17.7 Å². The Morgan fingerprint density at radius 2 is 0.945 bits per heavy atom. The molecule has 0 amide bonds. The summed E-state index contributed by atoms with van der Waals surface area (Å²) in [4.78, 5) is -0.112. The number of halogens is 6. The van der Waals surface area contributed by atoms with Crippen molar-refractivity contribution < 1.29 is 43.2 Å². The van der Waals surface area contributed by atoms with Crippen molar-refractivity contribution in [3.63, 3.8) is 0 Å². The number of sulfonamides is 2. The van der Waals surface area contributed by atoms with Crippen LogP contribution in [0.3, 0.4) is 0 Å². The number of benzene rings is 4. The molecule has 0 unspecified atom stereocenters. The van der Waals surface area contributed by atoms with Gasteiger partial charge in [0.1, 0.15) is 0 Å². The molecule has 0 atom stereocenters. The Bertz CT molecular complexity index is 2460. The van der Waals surface area contributed by atoms with Crippen molar-refractivity contribution in [2.45, 2.75) is 50.3 Å². The van der Waals surface area contributed by atoms with E-state index in [1.165, 1.54) is 48.5 Å². The van der Waals surface area contributed by atoms with Crippen LogP contribution in [-0.2, 0) is 32.4 Å². The number of rotatable bonds is 8. The monoisotopic (exact) mass is 806 g/mol. The lowest BCUT2D eigenvalue weighted by Gasteiger charge is -2.10. The first-order chi connectivity index (χ1) is 25.2. The molecule has 10 nitrogen and oxygen atoms in total. The molecule has 0 aliphatic heterocycles. The van der Waals surface area contributed by atoms with E-state index < -0.39 is 43.8 Å². The summed E-state index contributed by atoms with van der Waals surface area (Å²) in [5, 5.41) is 12.4. The molecule has 0 fully saturated rings. The number of primary sulfonamides is 1. The van der Waals surface area contributed by atoms with Gasteiger partial charge in [0.05, 0.1) is 32.6 Å². The first kappa shape index (κ1) is 42.4. The smallest absolute Gasteiger partial charge is 0.233 e. The molecule has 4 aromatic carbocycles. The number of hydrogen-bond donors (Lipinski definition) is 2. The largest absolute Gasteiger partial charge is 0.435 e. The van der Waals surface area contributed by atoms with Crippen LogP contribution >= 0.6 is 0 Å². The van der Waals surface area contributed by atoms with Crippen LogP contribution in [0.1, 0.15) is 36.9 Å². The van der Waals surface area contributed by atoms with E-state index in [0.29, 0.717) is 16.8 Å². The van der Waals surface area contributed by atoms with Crippen molar-refractivity contribution in [2.24, 2.45) is 5.14 Å². The molecule has 6 rings (SSSR count). The van der Waals surface area contributed by atoms with Crippen molar-refractivity contribution >= 4 is 20.0 Å². The molecule has 0 aliphatic rings. The third-order valence-corrected chi connectivity index (χ3v) is 10.3. The lowest BCUT2D eigenvalue weighted by atomic mass is 10.1. The summed E-state index contributed by atoms with van der Waals surface area (Å²) in [6, 6.07) is 26.6. The summed E-state index contributed by atoms with van der Waals surface area (Å²) in [6.07, 6.45) is -9.20. The van der Waals surface area contributed by atoms with Crippen LogP contribution in [0.25, 0.3) is 33.9 Å². The first-order valence-electron chi connectivity index (χ1n) is 15.9. The van der Waals surface area contributed by atoms with Crippen LogP contribution in [0.4, 0.5) is 26.3 Å². The third-order valence-electron chi connectivity index (χ3n) is 7.83. The SMILES string of the molecule is C.CCNS(=O)(=O)c1ccc(-n2nc(C(F)(F)F)cc2-c2ccc(C)cc2)cc1.Cc1ccc(-c2cc(C(F)(F)F)nn2-c2ccc(S(N)(=O)=O)cc2)cc1. The Balaban J connectivity index is 0.000000241. The molecule has 55 heavy (non-hydrogen) atoms. The van der Waals surface area contributed by atoms with Crippen molar-refractivity contribution in [3.05, 3.63) is 132 Å². The van der Waals surface area contributed by atoms with Gasteiger partial charge >= 0.3 is 12.4 Å². The summed E-state index contributed by atoms with van der Waals surface area (Å²) < 4.78 is 130. The van der Waals surface area contributed by atoms with Gasteiger partial charge in [-0.05, 0) is 74.5 Å². The zero-order chi connectivity index (χ0) is 39.6. The summed E-state index contributed by atoms with van der Waals surface area (Å²) >= 11 is 0. The lowest BCUT2D eigenvalue weighted by Crippen LogP contribution is -2.23. The molecule has 0 radical (unpaired) electrons. The number of aromatic nitrogens is 4. The summed E-state index contributed by atoms with van der Waals surface area (Å²) in [5.41, 5.74) is 2.10. The van der Waals surface area contributed by atoms with E-state index in [9.17, 15) is 43.2 Å². The van der Waals surface area contributed by atoms with Gasteiger partial charge in [-0.2, -0.15) is 36.5 Å². The van der Waals surface area contributed by atoms with Crippen LogP contribution in [0.2, 0.25) is 0 Å². The Labute approximate surface area is 314 Å². The molecule has 292 valence electrons. The fourth-order valence-corrected chi connectivity index (χ4v) is 6.67. The molecule has 0 aliphatic carbocycles. The molecule has 6 aromatic rings. The number of hydrogen-bond acceptors (Lipinski definition) is 6. The molecule has 0 spiro atoms. The molecular formula is C37H36F6N6O4S2. The predicted octanol–water partition coefficient (Wildman–Crippen LogP) is 8.31. The minimum absolute atomic E-state index is 0. The minimum Gasteiger partial charge on any atom is -0.233 e. The van der Waals surface area contributed by atoms with Crippen LogP contribution in [-0.4, -0.2) is 42.9 Å². The summed E-state index contributed by atoms with van der Waals surface area (Å²) in [7, 11) is -7.55. The number of aryl methyl sites for hydroxylation is 2. The predicted molar refractivity (Wildman–Crippen MR) is 196 cm³/mol. The van der Waals surface area contributed by atoms with E-state index in [1.54, 1.807) is 55.5 Å². The molecule has 0 saturated carbocycles. The quantitative estimate of drug-likeness (QED) is 0.148. The summed E-state index contributed by atoms with van der Waals surface area (Å²) in [6.45, 7) is 5.64. The second-order valence-electron chi connectivity index (χ2n) is 11.9. The van der Waals surface area contributed by atoms with Crippen LogP contribution in [0, 0.1) is 13.8 Å². The maximum Gasteiger partial charge on any atom is 0.435 e. The Kier molecular flexibility index (Phi) is 12.5. The van der Waals surface area contributed by atoms with E-state index in [1.807, 2.05) is 13.8 Å². The van der Waals surface area contributed by atoms with Crippen molar-refractivity contribution in [1.82, 2.24) is 24.3 Å². The molecule has 0 saturated heterocycles. The maximum absolute atomic E-state index is 13.2. The van der Waals surface area contributed by atoms with Gasteiger partial charge < -0.3 is 0 Å². The highest BCUT2D eigenvalue weighted by molar-refractivity contribution is 7.89. The van der Waals surface area contributed by atoms with Gasteiger partial charge in [0.2, 0.25) is 20.0 Å². The van der Waals surface area contributed by atoms with Gasteiger partial charge in [-0.25, -0.2) is 36.1 Å². The fourth-order valence-electron chi connectivity index (χ4n) is 5.11. The second-order valence-corrected chi connectivity index (χ2v) is 15.2. The Hall–Kier alpha value is -5.30. The van der Waals surface area contributed by atoms with E-state index in [0.717, 1.165) is 32.6 Å². The van der Waals surface area contributed by atoms with E-state index in [-0.39, 0.29) is 40.8 Å². The van der Waals surface area contributed by atoms with Crippen molar-refractivity contribution in [2.75, 3.05) is 6.54 Å². The fraction of sp³-hybridized carbons (Fsp3) is 0.189. The molecular weight excluding hydrogens is 771 g/mol. The van der Waals surface area contributed by atoms with Gasteiger partial charge in [-0.3, -0.25) is 0 Å². The van der Waals surface area contributed by atoms with E-state index in [4.69, 9.17) is 5.14 Å². The highest BCUT2D eigenvalue weighted by Crippen LogP contribution is 2.35. The maximum atomic E-state index is 13.2.